The molecule has 17 nitrogen and oxygen atoms in total. The molecular weight excluding hydrogens is 978 g/mol. The van der Waals surface area contributed by atoms with Crippen molar-refractivity contribution in [1.82, 2.24) is 39.5 Å². The second-order valence-electron chi connectivity index (χ2n) is 23.3. The molecule has 2 aromatic carbocycles. The number of ether oxygens (including phenoxy) is 1. The van der Waals surface area contributed by atoms with Crippen LogP contribution in [0.5, 0.6) is 5.88 Å². The normalized spacial score (nSPS) is 24.5. The summed E-state index contributed by atoms with van der Waals surface area (Å²) in [6.45, 7) is 10.7. The van der Waals surface area contributed by atoms with Gasteiger partial charge in [-0.3, -0.25) is 29.4 Å². The third-order valence-corrected chi connectivity index (χ3v) is 18.3. The number of aromatic nitrogens is 4. The van der Waals surface area contributed by atoms with Crippen LogP contribution in [0.1, 0.15) is 122 Å². The van der Waals surface area contributed by atoms with E-state index in [-0.39, 0.29) is 60.0 Å². The minimum atomic E-state index is -0.760. The Morgan fingerprint density at radius 1 is 0.818 bits per heavy atom. The maximum absolute atomic E-state index is 15.4. The van der Waals surface area contributed by atoms with E-state index in [0.29, 0.717) is 106 Å². The molecule has 0 bridgehead atoms. The predicted molar refractivity (Wildman–Crippen MR) is 290 cm³/mol. The van der Waals surface area contributed by atoms with Gasteiger partial charge in [0.15, 0.2) is 5.82 Å². The van der Waals surface area contributed by atoms with Crippen molar-refractivity contribution in [3.8, 4) is 17.1 Å². The summed E-state index contributed by atoms with van der Waals surface area (Å²) >= 11 is 0. The number of carbonyl (C=O) groups excluding carboxylic acids is 5. The number of nitrogens with zero attached hydrogens (tertiary/aromatic N) is 9. The Balaban J connectivity index is 0.709. The average molecular weight is 1050 g/mol. The van der Waals surface area contributed by atoms with Crippen molar-refractivity contribution in [3.63, 3.8) is 0 Å². The monoisotopic (exact) mass is 1050 g/mol. The number of pyridine rings is 2. The third-order valence-electron chi connectivity index (χ3n) is 18.3. The molecule has 8 heterocycles. The van der Waals surface area contributed by atoms with Crippen molar-refractivity contribution >= 4 is 63.6 Å². The highest BCUT2D eigenvalue weighted by atomic mass is 19.1. The van der Waals surface area contributed by atoms with E-state index in [4.69, 9.17) is 14.7 Å². The van der Waals surface area contributed by atoms with Crippen LogP contribution in [0.25, 0.3) is 22.3 Å². The Kier molecular flexibility index (Phi) is 13.5. The van der Waals surface area contributed by atoms with Crippen molar-refractivity contribution < 1.29 is 33.1 Å². The van der Waals surface area contributed by atoms with Gasteiger partial charge in [0.05, 0.1) is 40.5 Å². The Morgan fingerprint density at radius 2 is 1.56 bits per heavy atom. The fourth-order valence-electron chi connectivity index (χ4n) is 13.5. The molecule has 0 atom stereocenters. The number of hydrogen-bond acceptors (Lipinski definition) is 11. The van der Waals surface area contributed by atoms with Crippen LogP contribution < -0.4 is 25.2 Å². The van der Waals surface area contributed by atoms with E-state index in [2.05, 4.69) is 64.4 Å². The van der Waals surface area contributed by atoms with Gasteiger partial charge >= 0.3 is 6.03 Å². The number of rotatable bonds is 11. The zero-order valence-electron chi connectivity index (χ0n) is 44.5. The minimum Gasteiger partial charge on any atom is -0.474 e. The number of anilines is 4. The van der Waals surface area contributed by atoms with E-state index in [0.717, 1.165) is 66.6 Å². The largest absolute Gasteiger partial charge is 0.474 e. The van der Waals surface area contributed by atoms with E-state index in [1.165, 1.54) is 30.2 Å². The maximum Gasteiger partial charge on any atom is 0.328 e. The van der Waals surface area contributed by atoms with Gasteiger partial charge in [-0.15, -0.1) is 0 Å². The van der Waals surface area contributed by atoms with Crippen molar-refractivity contribution in [2.45, 2.75) is 140 Å². The summed E-state index contributed by atoms with van der Waals surface area (Å²) in [5, 5.41) is 5.61. The Labute approximate surface area is 448 Å². The highest BCUT2D eigenvalue weighted by molar-refractivity contribution is 6.10. The summed E-state index contributed by atoms with van der Waals surface area (Å²) in [7, 11) is 0. The van der Waals surface area contributed by atoms with Crippen molar-refractivity contribution in [1.29, 1.82) is 0 Å². The number of nitrogens with one attached hydrogen (secondary N) is 2. The average Bonchev–Trinajstić information content (AvgIpc) is 4.22. The summed E-state index contributed by atoms with van der Waals surface area (Å²) in [4.78, 5) is 92.3. The highest BCUT2D eigenvalue weighted by Gasteiger charge is 2.56. The lowest BCUT2D eigenvalue weighted by Crippen LogP contribution is -2.59. The number of piperidine rings is 3. The van der Waals surface area contributed by atoms with Crippen LogP contribution in [0, 0.1) is 17.2 Å². The van der Waals surface area contributed by atoms with Gasteiger partial charge in [-0.25, -0.2) is 24.1 Å². The first-order valence-corrected chi connectivity index (χ1v) is 28.2. The van der Waals surface area contributed by atoms with Crippen LogP contribution in [0.15, 0.2) is 73.2 Å². The van der Waals surface area contributed by atoms with Gasteiger partial charge in [0.1, 0.15) is 17.4 Å². The summed E-state index contributed by atoms with van der Waals surface area (Å²) in [6.07, 6.45) is 14.2. The van der Waals surface area contributed by atoms with Gasteiger partial charge in [0.25, 0.3) is 0 Å². The quantitative estimate of drug-likeness (QED) is 0.129. The molecule has 0 radical (unpaired) electrons. The number of fused-ring (bicyclic) bond motifs is 3. The number of imidazole rings is 1. The molecule has 0 unspecified atom stereocenters. The Hall–Kier alpha value is -6.95. The molecule has 12 rings (SSSR count). The molecular formula is C59H70FN11O6. The first kappa shape index (κ1) is 50.8. The number of halogens is 1. The zero-order chi connectivity index (χ0) is 53.2. The van der Waals surface area contributed by atoms with Gasteiger partial charge in [-0.2, -0.15) is 0 Å². The number of amides is 6. The predicted octanol–water partition coefficient (Wildman–Crippen LogP) is 8.89. The maximum atomic E-state index is 15.4. The fraction of sp³-hybridized carbons (Fsp3) is 0.525. The van der Waals surface area contributed by atoms with Gasteiger partial charge < -0.3 is 34.2 Å². The van der Waals surface area contributed by atoms with Crippen molar-refractivity contribution in [3.05, 3.63) is 84.6 Å². The highest BCUT2D eigenvalue weighted by Crippen LogP contribution is 2.53. The van der Waals surface area contributed by atoms with E-state index in [9.17, 15) is 19.2 Å². The van der Waals surface area contributed by atoms with Crippen LogP contribution in [-0.2, 0) is 24.6 Å². The summed E-state index contributed by atoms with van der Waals surface area (Å²) in [6, 6.07) is 18.5. The SMILES string of the molecule is CC(C)n1cnc2cc(-c3ccc4c(c3)N(C3CC(N5CCCCC5)C3)C(=O)C43CCN(C(=O)C4(C)CCN(C(=O)C5CCC(Oc6ccc(N7CCC(=O)NC7=O)cn6)CC5)CC4)CC3)nc(Nc3ccccc3F)c21. The fourth-order valence-corrected chi connectivity index (χ4v) is 13.5. The van der Waals surface area contributed by atoms with E-state index in [1.54, 1.807) is 42.9 Å². The van der Waals surface area contributed by atoms with Crippen LogP contribution in [0.3, 0.4) is 0 Å². The number of benzene rings is 2. The molecule has 6 fully saturated rings. The van der Waals surface area contributed by atoms with Gasteiger partial charge in [0.2, 0.25) is 29.5 Å². The smallest absolute Gasteiger partial charge is 0.328 e. The molecule has 3 aromatic heterocycles. The van der Waals surface area contributed by atoms with Crippen LogP contribution in [0.2, 0.25) is 0 Å². The topological polar surface area (TPSA) is 178 Å². The molecule has 18 heteroatoms. The molecule has 77 heavy (non-hydrogen) atoms. The lowest BCUT2D eigenvalue weighted by Gasteiger charge is -2.48. The standard InChI is InChI=1S/C59H70FN11O6/c1-37(2)70-36-62-48-34-47(64-53(52(48)70)63-46-10-6-5-9-45(46)60)39-13-17-44-49(31-39)71(42-32-41(33-42)66-24-7-4-8-25-66)56(75)59(44)22-29-68(30-23-59)55(74)58(3)20-27-67(28-21-58)54(73)38-11-15-43(16-12-38)77-51-18-14-40(35-61-51)69-26-19-50(72)65-57(69)76/h5-6,9-10,13-14,17-18,31,34-38,41-43H,4,7-8,11-12,15-16,19-30,32-33H2,1-3H3,(H,63,64)(H,65,72,76). The van der Waals surface area contributed by atoms with Gasteiger partial charge in [-0.1, -0.05) is 37.6 Å². The molecule has 404 valence electrons. The molecule has 2 aliphatic carbocycles. The van der Waals surface area contributed by atoms with Crippen LogP contribution >= 0.6 is 0 Å². The number of imide groups is 1. The number of carbonyl (C=O) groups is 5. The lowest BCUT2D eigenvalue weighted by molar-refractivity contribution is -0.150. The Bertz CT molecular complexity index is 3090. The van der Waals surface area contributed by atoms with Gasteiger partial charge in [-0.05, 0) is 140 Å². The number of hydrogen-bond donors (Lipinski definition) is 2. The van der Waals surface area contributed by atoms with Crippen molar-refractivity contribution in [2.75, 3.05) is 60.9 Å². The molecule has 5 aliphatic heterocycles. The lowest BCUT2D eigenvalue weighted by atomic mass is 9.72. The molecule has 5 aromatic rings. The van der Waals surface area contributed by atoms with Gasteiger partial charge in [0, 0.05) is 85.9 Å². The molecule has 6 amide bonds. The third kappa shape index (κ3) is 9.47. The van der Waals surface area contributed by atoms with Crippen molar-refractivity contribution in [2.24, 2.45) is 11.3 Å². The second-order valence-corrected chi connectivity index (χ2v) is 23.3. The van der Waals surface area contributed by atoms with E-state index in [1.807, 2.05) is 20.4 Å². The molecule has 2 N–H and O–H groups in total. The molecule has 2 saturated carbocycles. The number of para-hydroxylation sites is 1. The van der Waals surface area contributed by atoms with Crippen LogP contribution in [0.4, 0.5) is 32.1 Å². The summed E-state index contributed by atoms with van der Waals surface area (Å²) in [5.74, 6) is 0.579. The first-order chi connectivity index (χ1) is 37.2. The minimum absolute atomic E-state index is 0.0714. The summed E-state index contributed by atoms with van der Waals surface area (Å²) < 4.78 is 23.4. The number of likely N-dealkylation sites (tertiary alicyclic amines) is 3. The van der Waals surface area contributed by atoms with E-state index < -0.39 is 16.9 Å². The second kappa shape index (κ2) is 20.4. The molecule has 1 spiro atoms. The van der Waals surface area contributed by atoms with E-state index >= 15 is 9.18 Å². The zero-order valence-corrected chi connectivity index (χ0v) is 44.5. The van der Waals surface area contributed by atoms with Crippen LogP contribution in [-0.4, -0.2) is 128 Å². The summed E-state index contributed by atoms with van der Waals surface area (Å²) in [5.41, 5.74) is 4.51. The molecule has 7 aliphatic rings. The number of urea groups is 1. The first-order valence-electron chi connectivity index (χ1n) is 28.2. The molecule has 4 saturated heterocycles. The Morgan fingerprint density at radius 3 is 2.26 bits per heavy atom.